The molecule has 2 amide bonds. The van der Waals surface area contributed by atoms with E-state index >= 15 is 0 Å². The molecule has 0 radical (unpaired) electrons. The molecule has 3 saturated heterocycles. The van der Waals surface area contributed by atoms with Crippen LogP contribution in [0.3, 0.4) is 0 Å². The van der Waals surface area contributed by atoms with Crippen molar-refractivity contribution in [3.05, 3.63) is 0 Å². The number of methoxy groups -OCH3 is 3. The molecule has 3 N–H and O–H groups in total. The molecule has 3 aliphatic carbocycles. The zero-order valence-corrected chi connectivity index (χ0v) is 25.0. The first-order valence-corrected chi connectivity index (χ1v) is 16.1. The topological polar surface area (TPSA) is 103 Å². The lowest BCUT2D eigenvalue weighted by Gasteiger charge is -2.53. The van der Waals surface area contributed by atoms with Crippen molar-refractivity contribution in [3.8, 4) is 0 Å². The third-order valence-corrected chi connectivity index (χ3v) is 11.8. The van der Waals surface area contributed by atoms with Gasteiger partial charge in [-0.1, -0.05) is 0 Å². The lowest BCUT2D eigenvalue weighted by Crippen LogP contribution is -2.99. The summed E-state index contributed by atoms with van der Waals surface area (Å²) in [4.78, 5) is 29.5. The van der Waals surface area contributed by atoms with Gasteiger partial charge in [-0.15, -0.1) is 0 Å². The Labute approximate surface area is 239 Å². The summed E-state index contributed by atoms with van der Waals surface area (Å²) in [6.07, 6.45) is 10.2. The first-order valence-electron chi connectivity index (χ1n) is 16.1. The molecule has 0 aromatic rings. The van der Waals surface area contributed by atoms with Crippen LogP contribution in [0, 0.1) is 29.6 Å². The number of quaternary nitrogens is 1. The summed E-state index contributed by atoms with van der Waals surface area (Å²) in [6.45, 7) is 3.76. The van der Waals surface area contributed by atoms with Gasteiger partial charge in [-0.05, 0) is 82.5 Å². The fourth-order valence-electron chi connectivity index (χ4n) is 9.94. The van der Waals surface area contributed by atoms with Crippen LogP contribution in [0.25, 0.3) is 0 Å². The van der Waals surface area contributed by atoms with E-state index in [2.05, 4.69) is 15.5 Å². The molecule has 3 saturated carbocycles. The molecule has 226 valence electrons. The first-order chi connectivity index (χ1) is 19.4. The highest BCUT2D eigenvalue weighted by molar-refractivity contribution is 5.82. The summed E-state index contributed by atoms with van der Waals surface area (Å²) in [7, 11) is 5.28. The van der Waals surface area contributed by atoms with Gasteiger partial charge < -0.3 is 34.5 Å². The van der Waals surface area contributed by atoms with Crippen molar-refractivity contribution in [1.29, 1.82) is 0 Å². The minimum Gasteiger partial charge on any atom is -0.381 e. The van der Waals surface area contributed by atoms with E-state index in [1.165, 1.54) is 0 Å². The zero-order valence-electron chi connectivity index (χ0n) is 25.0. The van der Waals surface area contributed by atoms with E-state index in [9.17, 15) is 9.59 Å². The summed E-state index contributed by atoms with van der Waals surface area (Å²) in [5, 5.41) is 5.70. The SMILES string of the molecule is COC1CCC(CNC(=O)[C@H](C)OC2CCC3C(C2)C2CC[NH2+]C4C5CCC(OC)C(OC)C5C(=O)N3C24)CC1. The van der Waals surface area contributed by atoms with E-state index in [0.717, 1.165) is 77.3 Å². The number of carbonyl (C=O) groups is 2. The molecule has 9 heteroatoms. The second-order valence-corrected chi connectivity index (χ2v) is 13.6. The van der Waals surface area contributed by atoms with Gasteiger partial charge in [-0.3, -0.25) is 9.59 Å². The lowest BCUT2D eigenvalue weighted by atomic mass is 9.64. The van der Waals surface area contributed by atoms with Crippen LogP contribution in [0.2, 0.25) is 0 Å². The van der Waals surface area contributed by atoms with Crippen molar-refractivity contribution in [2.24, 2.45) is 29.6 Å². The summed E-state index contributed by atoms with van der Waals surface area (Å²) < 4.78 is 23.7. The largest absolute Gasteiger partial charge is 0.381 e. The Morgan fingerprint density at radius 2 is 1.70 bits per heavy atom. The smallest absolute Gasteiger partial charge is 0.248 e. The van der Waals surface area contributed by atoms with Crippen LogP contribution in [-0.4, -0.2) is 99.8 Å². The highest BCUT2D eigenvalue weighted by Crippen LogP contribution is 2.53. The molecule has 6 rings (SSSR count). The van der Waals surface area contributed by atoms with Gasteiger partial charge in [-0.25, -0.2) is 0 Å². The maximum absolute atomic E-state index is 14.2. The number of ether oxygens (including phenoxy) is 4. The Hall–Kier alpha value is -1.26. The summed E-state index contributed by atoms with van der Waals surface area (Å²) in [5.41, 5.74) is 0. The Balaban J connectivity index is 1.08. The standard InChI is InChI=1S/C31H51N3O6/c1-17(30(35)33-16-18-5-7-19(37-2)8-6-18)40-20-9-11-24-23(15-20)21-13-14-32-27-22-10-12-25(38-3)29(39-4)26(22)31(36)34(24)28(21)27/h17-29,32H,5-16H2,1-4H3,(H,33,35)/p+1/t17-,18?,19?,20?,21?,22?,23?,24?,25?,26?,27?,28?,29?/m0/s1. The molecule has 0 aromatic heterocycles. The van der Waals surface area contributed by atoms with Gasteiger partial charge in [0.15, 0.2) is 0 Å². The first kappa shape index (κ1) is 28.8. The number of hydrogen-bond acceptors (Lipinski definition) is 6. The Kier molecular flexibility index (Phi) is 8.76. The summed E-state index contributed by atoms with van der Waals surface area (Å²) in [5.74, 6) is 2.07. The number of nitrogens with two attached hydrogens (primary N) is 1. The normalized spacial score (nSPS) is 45.3. The molecule has 3 heterocycles. The van der Waals surface area contributed by atoms with Crippen LogP contribution in [0.1, 0.15) is 71.1 Å². The Bertz CT molecular complexity index is 912. The minimum absolute atomic E-state index is 0.00437. The average Bonchev–Trinajstić information content (AvgIpc) is 3.32. The minimum atomic E-state index is -0.453. The number of carbonyl (C=O) groups excluding carboxylic acids is 2. The zero-order chi connectivity index (χ0) is 28.0. The molecule has 6 fully saturated rings. The molecular formula is C31H52N3O6+. The second kappa shape index (κ2) is 12.2. The van der Waals surface area contributed by atoms with Crippen LogP contribution < -0.4 is 10.6 Å². The van der Waals surface area contributed by atoms with E-state index in [4.69, 9.17) is 18.9 Å². The maximum atomic E-state index is 14.2. The third-order valence-electron chi connectivity index (χ3n) is 11.8. The van der Waals surface area contributed by atoms with Crippen molar-refractivity contribution in [3.63, 3.8) is 0 Å². The molecule has 0 aromatic carbocycles. The fourth-order valence-corrected chi connectivity index (χ4v) is 9.94. The van der Waals surface area contributed by atoms with Crippen molar-refractivity contribution >= 4 is 11.8 Å². The molecule has 10 unspecified atom stereocenters. The van der Waals surface area contributed by atoms with Crippen LogP contribution in [0.15, 0.2) is 0 Å². The molecule has 11 atom stereocenters. The monoisotopic (exact) mass is 562 g/mol. The van der Waals surface area contributed by atoms with Crippen LogP contribution in [0.5, 0.6) is 0 Å². The van der Waals surface area contributed by atoms with Gasteiger partial charge in [0.05, 0.1) is 42.9 Å². The Morgan fingerprint density at radius 3 is 2.42 bits per heavy atom. The number of nitrogens with one attached hydrogen (secondary N) is 1. The van der Waals surface area contributed by atoms with Crippen molar-refractivity contribution in [2.75, 3.05) is 34.4 Å². The molecule has 9 nitrogen and oxygen atoms in total. The van der Waals surface area contributed by atoms with E-state index < -0.39 is 6.10 Å². The summed E-state index contributed by atoms with van der Waals surface area (Å²) >= 11 is 0. The molecule has 6 aliphatic rings. The number of fused-ring (bicyclic) bond motifs is 5. The fraction of sp³-hybridized carbons (Fsp3) is 0.935. The number of nitrogens with zero attached hydrogens (tertiary/aromatic N) is 1. The molecule has 0 spiro atoms. The summed E-state index contributed by atoms with van der Waals surface area (Å²) in [6, 6.07) is 1.05. The predicted octanol–water partition coefficient (Wildman–Crippen LogP) is 1.48. The second-order valence-electron chi connectivity index (χ2n) is 13.6. The van der Waals surface area contributed by atoms with E-state index in [1.54, 1.807) is 21.3 Å². The highest BCUT2D eigenvalue weighted by Gasteiger charge is 2.66. The van der Waals surface area contributed by atoms with Crippen molar-refractivity contribution < 1.29 is 33.9 Å². The molecule has 3 aliphatic heterocycles. The van der Waals surface area contributed by atoms with Crippen molar-refractivity contribution in [1.82, 2.24) is 10.2 Å². The highest BCUT2D eigenvalue weighted by atomic mass is 16.5. The number of hydrogen-bond donors (Lipinski definition) is 2. The van der Waals surface area contributed by atoms with Gasteiger partial charge in [-0.2, -0.15) is 0 Å². The number of rotatable bonds is 8. The van der Waals surface area contributed by atoms with Gasteiger partial charge >= 0.3 is 0 Å². The van der Waals surface area contributed by atoms with E-state index in [-0.39, 0.29) is 36.2 Å². The van der Waals surface area contributed by atoms with Gasteiger partial charge in [0.25, 0.3) is 0 Å². The lowest BCUT2D eigenvalue weighted by molar-refractivity contribution is -0.713. The number of piperidine rings is 2. The van der Waals surface area contributed by atoms with Gasteiger partial charge in [0.1, 0.15) is 12.1 Å². The molecular weight excluding hydrogens is 510 g/mol. The molecule has 40 heavy (non-hydrogen) atoms. The average molecular weight is 563 g/mol. The van der Waals surface area contributed by atoms with Crippen LogP contribution in [0.4, 0.5) is 0 Å². The quantitative estimate of drug-likeness (QED) is 0.465. The third kappa shape index (κ3) is 5.12. The molecule has 0 bridgehead atoms. The van der Waals surface area contributed by atoms with E-state index in [0.29, 0.717) is 47.8 Å². The predicted molar refractivity (Wildman–Crippen MR) is 148 cm³/mol. The van der Waals surface area contributed by atoms with Crippen molar-refractivity contribution in [2.45, 2.75) is 120 Å². The maximum Gasteiger partial charge on any atom is 0.248 e. The Morgan fingerprint density at radius 1 is 0.925 bits per heavy atom. The van der Waals surface area contributed by atoms with E-state index in [1.807, 2.05) is 6.92 Å². The van der Waals surface area contributed by atoms with Gasteiger partial charge in [0, 0.05) is 46.3 Å². The van der Waals surface area contributed by atoms with Gasteiger partial charge in [0.2, 0.25) is 11.8 Å². The van der Waals surface area contributed by atoms with Crippen LogP contribution >= 0.6 is 0 Å². The number of amides is 2. The van der Waals surface area contributed by atoms with Crippen LogP contribution in [-0.2, 0) is 28.5 Å².